The van der Waals surface area contributed by atoms with Crippen LogP contribution in [0.1, 0.15) is 6.92 Å². The number of hydrogen-bond acceptors (Lipinski definition) is 4. The van der Waals surface area contributed by atoms with Crippen molar-refractivity contribution in [3.05, 3.63) is 12.2 Å². The third-order valence-electron chi connectivity index (χ3n) is 1.24. The van der Waals surface area contributed by atoms with E-state index >= 15 is 0 Å². The van der Waals surface area contributed by atoms with E-state index in [4.69, 9.17) is 15.3 Å². The lowest BCUT2D eigenvalue weighted by atomic mass is 10.1. The summed E-state index contributed by atoms with van der Waals surface area (Å²) in [4.78, 5) is 20.9. The Balaban J connectivity index is 4.39. The van der Waals surface area contributed by atoms with Crippen LogP contribution in [-0.2, 0) is 9.59 Å². The molecular formula is C7H10O5. The Morgan fingerprint density at radius 1 is 1.25 bits per heavy atom. The van der Waals surface area contributed by atoms with Crippen molar-refractivity contribution in [1.29, 1.82) is 0 Å². The zero-order valence-corrected chi connectivity index (χ0v) is 6.52. The molecular weight excluding hydrogens is 164 g/mol. The zero-order chi connectivity index (χ0) is 9.89. The largest absolute Gasteiger partial charge is 0.479 e. The number of carbonyl (C=O) groups is 2. The molecule has 0 radical (unpaired) electrons. The molecule has 5 heteroatoms. The maximum absolute atomic E-state index is 10.8. The van der Waals surface area contributed by atoms with Crippen LogP contribution in [0.4, 0.5) is 0 Å². The molecule has 0 heterocycles. The van der Waals surface area contributed by atoms with E-state index in [-0.39, 0.29) is 5.57 Å². The molecule has 0 amide bonds. The van der Waals surface area contributed by atoms with E-state index in [1.165, 1.54) is 6.92 Å². The van der Waals surface area contributed by atoms with E-state index in [1.807, 2.05) is 0 Å². The van der Waals surface area contributed by atoms with Crippen LogP contribution in [0.15, 0.2) is 12.2 Å². The summed E-state index contributed by atoms with van der Waals surface area (Å²) in [6, 6.07) is 0. The Morgan fingerprint density at radius 3 is 1.92 bits per heavy atom. The fourth-order valence-electron chi connectivity index (χ4n) is 0.531. The summed E-state index contributed by atoms with van der Waals surface area (Å²) in [6.45, 7) is 4.52. The minimum absolute atomic E-state index is 0.00259. The summed E-state index contributed by atoms with van der Waals surface area (Å²) in [5.41, 5.74) is 0.00259. The van der Waals surface area contributed by atoms with Crippen LogP contribution in [-0.4, -0.2) is 39.3 Å². The lowest BCUT2D eigenvalue weighted by molar-refractivity contribution is -0.156. The number of hydrogen-bond donors (Lipinski definition) is 3. The van der Waals surface area contributed by atoms with Crippen LogP contribution in [0.25, 0.3) is 0 Å². The first-order chi connectivity index (χ1) is 5.37. The summed E-state index contributed by atoms with van der Waals surface area (Å²) in [6.07, 6.45) is -4.02. The number of aliphatic hydroxyl groups is 2. The second-order valence-electron chi connectivity index (χ2n) is 2.37. The summed E-state index contributed by atoms with van der Waals surface area (Å²) in [5.74, 6) is -2.51. The standard InChI is InChI=1S/C7H10O5/c1-3(2)4(8)5(9)6(10)7(11)12/h5-6,9-10H,1H2,2H3,(H,11,12). The van der Waals surface area contributed by atoms with Crippen molar-refractivity contribution >= 4 is 11.8 Å². The number of Topliss-reactive ketones (excluding diaryl/α,β-unsaturated/α-hetero) is 1. The SMILES string of the molecule is C=C(C)C(=O)C(O)C(O)C(=O)O. The highest BCUT2D eigenvalue weighted by atomic mass is 16.4. The second-order valence-corrected chi connectivity index (χ2v) is 2.37. The van der Waals surface area contributed by atoms with Crippen molar-refractivity contribution in [3.63, 3.8) is 0 Å². The van der Waals surface area contributed by atoms with Gasteiger partial charge in [-0.3, -0.25) is 4.79 Å². The number of aliphatic carboxylic acids is 1. The highest BCUT2D eigenvalue weighted by Crippen LogP contribution is 2.01. The van der Waals surface area contributed by atoms with Gasteiger partial charge >= 0.3 is 5.97 Å². The fraction of sp³-hybridized carbons (Fsp3) is 0.429. The molecule has 0 bridgehead atoms. The molecule has 2 atom stereocenters. The maximum Gasteiger partial charge on any atom is 0.335 e. The third-order valence-corrected chi connectivity index (χ3v) is 1.24. The van der Waals surface area contributed by atoms with Crippen LogP contribution in [0.3, 0.4) is 0 Å². The van der Waals surface area contributed by atoms with E-state index in [1.54, 1.807) is 0 Å². The molecule has 0 aliphatic heterocycles. The summed E-state index contributed by atoms with van der Waals surface area (Å²) < 4.78 is 0. The monoisotopic (exact) mass is 174 g/mol. The first-order valence-electron chi connectivity index (χ1n) is 3.16. The van der Waals surface area contributed by atoms with Gasteiger partial charge in [-0.2, -0.15) is 0 Å². The molecule has 0 aliphatic rings. The Morgan fingerprint density at radius 2 is 1.67 bits per heavy atom. The van der Waals surface area contributed by atoms with Crippen LogP contribution in [0.2, 0.25) is 0 Å². The minimum atomic E-state index is -2.09. The van der Waals surface area contributed by atoms with Gasteiger partial charge in [-0.1, -0.05) is 6.58 Å². The van der Waals surface area contributed by atoms with Crippen molar-refractivity contribution in [2.24, 2.45) is 0 Å². The van der Waals surface area contributed by atoms with Gasteiger partial charge in [0.15, 0.2) is 18.0 Å². The quantitative estimate of drug-likeness (QED) is 0.472. The lowest BCUT2D eigenvalue weighted by Crippen LogP contribution is -2.39. The Hall–Kier alpha value is -1.20. The van der Waals surface area contributed by atoms with E-state index in [9.17, 15) is 9.59 Å². The van der Waals surface area contributed by atoms with E-state index in [2.05, 4.69) is 6.58 Å². The Labute approximate surface area is 68.9 Å². The predicted octanol–water partition coefficient (Wildman–Crippen LogP) is -1.06. The number of carboxylic acids is 1. The maximum atomic E-state index is 10.8. The molecule has 0 aromatic carbocycles. The van der Waals surface area contributed by atoms with Crippen molar-refractivity contribution in [1.82, 2.24) is 0 Å². The molecule has 3 N–H and O–H groups in total. The highest BCUT2D eigenvalue weighted by molar-refractivity contribution is 6.00. The highest BCUT2D eigenvalue weighted by Gasteiger charge is 2.29. The Kier molecular flexibility index (Phi) is 3.59. The number of carboxylic acid groups (broad SMARTS) is 1. The molecule has 0 spiro atoms. The zero-order valence-electron chi connectivity index (χ0n) is 6.52. The molecule has 2 unspecified atom stereocenters. The normalized spacial score (nSPS) is 14.9. The number of ketones is 1. The molecule has 0 rings (SSSR count). The van der Waals surface area contributed by atoms with Crippen molar-refractivity contribution in [3.8, 4) is 0 Å². The van der Waals surface area contributed by atoms with Gasteiger partial charge in [-0.15, -0.1) is 0 Å². The molecule has 0 fully saturated rings. The average Bonchev–Trinajstić information content (AvgIpc) is 2.00. The molecule has 5 nitrogen and oxygen atoms in total. The summed E-state index contributed by atoms with van der Waals surface area (Å²) in [5, 5.41) is 25.8. The van der Waals surface area contributed by atoms with E-state index < -0.39 is 24.0 Å². The molecule has 0 aromatic heterocycles. The van der Waals surface area contributed by atoms with Crippen molar-refractivity contribution in [2.75, 3.05) is 0 Å². The van der Waals surface area contributed by atoms with Crippen LogP contribution in [0.5, 0.6) is 0 Å². The third kappa shape index (κ3) is 2.44. The number of carbonyl (C=O) groups excluding carboxylic acids is 1. The first kappa shape index (κ1) is 10.8. The van der Waals surface area contributed by atoms with Crippen LogP contribution in [0, 0.1) is 0 Å². The lowest BCUT2D eigenvalue weighted by Gasteiger charge is -2.11. The molecule has 0 aromatic rings. The first-order valence-corrected chi connectivity index (χ1v) is 3.16. The molecule has 0 aliphatic carbocycles. The van der Waals surface area contributed by atoms with Gasteiger partial charge in [0.05, 0.1) is 0 Å². The second kappa shape index (κ2) is 3.99. The minimum Gasteiger partial charge on any atom is -0.479 e. The average molecular weight is 174 g/mol. The predicted molar refractivity (Wildman–Crippen MR) is 39.5 cm³/mol. The summed E-state index contributed by atoms with van der Waals surface area (Å²) >= 11 is 0. The van der Waals surface area contributed by atoms with Gasteiger partial charge in [0.1, 0.15) is 0 Å². The Bertz CT molecular complexity index is 220. The topological polar surface area (TPSA) is 94.8 Å². The van der Waals surface area contributed by atoms with Gasteiger partial charge in [0.2, 0.25) is 0 Å². The molecule has 12 heavy (non-hydrogen) atoms. The number of aliphatic hydroxyl groups excluding tert-OH is 2. The summed E-state index contributed by atoms with van der Waals surface area (Å²) in [7, 11) is 0. The van der Waals surface area contributed by atoms with Gasteiger partial charge < -0.3 is 15.3 Å². The van der Waals surface area contributed by atoms with E-state index in [0.717, 1.165) is 0 Å². The number of rotatable bonds is 4. The van der Waals surface area contributed by atoms with Gasteiger partial charge in [0, 0.05) is 0 Å². The van der Waals surface area contributed by atoms with Crippen molar-refractivity contribution in [2.45, 2.75) is 19.1 Å². The smallest absolute Gasteiger partial charge is 0.335 e. The van der Waals surface area contributed by atoms with Crippen LogP contribution >= 0.6 is 0 Å². The molecule has 0 saturated carbocycles. The molecule has 68 valence electrons. The van der Waals surface area contributed by atoms with Gasteiger partial charge in [0.25, 0.3) is 0 Å². The van der Waals surface area contributed by atoms with Crippen molar-refractivity contribution < 1.29 is 24.9 Å². The molecule has 0 saturated heterocycles. The van der Waals surface area contributed by atoms with E-state index in [0.29, 0.717) is 0 Å². The van der Waals surface area contributed by atoms with Crippen LogP contribution < -0.4 is 0 Å². The van der Waals surface area contributed by atoms with Gasteiger partial charge in [-0.05, 0) is 12.5 Å². The fourth-order valence-corrected chi connectivity index (χ4v) is 0.531. The van der Waals surface area contributed by atoms with Gasteiger partial charge in [-0.25, -0.2) is 4.79 Å².